The number of carbonyl (C=O) groups excluding carboxylic acids is 1. The van der Waals surface area contributed by atoms with E-state index < -0.39 is 0 Å². The second-order valence-corrected chi connectivity index (χ2v) is 7.47. The van der Waals surface area contributed by atoms with Crippen LogP contribution >= 0.6 is 15.9 Å². The second-order valence-electron chi connectivity index (χ2n) is 6.56. The van der Waals surface area contributed by atoms with E-state index in [9.17, 15) is 9.90 Å². The highest BCUT2D eigenvalue weighted by Crippen LogP contribution is 2.35. The Morgan fingerprint density at radius 1 is 1.13 bits per heavy atom. The first kappa shape index (κ1) is 15.7. The zero-order valence-electron chi connectivity index (χ0n) is 13.1. The van der Waals surface area contributed by atoms with Crippen LogP contribution in [0.4, 0.5) is 11.4 Å². The van der Waals surface area contributed by atoms with Crippen LogP contribution in [-0.4, -0.2) is 16.7 Å². The summed E-state index contributed by atoms with van der Waals surface area (Å²) in [5, 5.41) is 12.9. The molecule has 4 nitrogen and oxygen atoms in total. The van der Waals surface area contributed by atoms with Crippen molar-refractivity contribution in [3.8, 4) is 5.75 Å². The van der Waals surface area contributed by atoms with E-state index in [1.165, 1.54) is 0 Å². The van der Waals surface area contributed by atoms with Gasteiger partial charge in [0, 0.05) is 10.0 Å². The van der Waals surface area contributed by atoms with Crippen molar-refractivity contribution in [3.05, 3.63) is 52.0 Å². The Morgan fingerprint density at radius 3 is 2.57 bits per heavy atom. The molecule has 23 heavy (non-hydrogen) atoms. The number of fused-ring (bicyclic) bond motifs is 1. The van der Waals surface area contributed by atoms with Crippen LogP contribution in [-0.2, 0) is 10.2 Å². The molecule has 118 valence electrons. The molecule has 0 bridgehead atoms. The van der Waals surface area contributed by atoms with E-state index in [1.807, 2.05) is 30.3 Å². The number of halogens is 1. The smallest absolute Gasteiger partial charge is 0.275 e. The Labute approximate surface area is 143 Å². The Kier molecular flexibility index (Phi) is 3.76. The van der Waals surface area contributed by atoms with Gasteiger partial charge in [0.1, 0.15) is 17.1 Å². The molecule has 0 unspecified atom stereocenters. The number of amides is 1. The molecule has 0 saturated heterocycles. The minimum atomic E-state index is -0.265. The zero-order valence-corrected chi connectivity index (χ0v) is 14.7. The van der Waals surface area contributed by atoms with Gasteiger partial charge in [0.2, 0.25) is 0 Å². The molecule has 1 heterocycles. The second kappa shape index (κ2) is 5.49. The number of aliphatic imine (C=N–C) groups is 1. The van der Waals surface area contributed by atoms with E-state index in [4.69, 9.17) is 0 Å². The number of carbonyl (C=O) groups is 1. The molecule has 1 aliphatic heterocycles. The molecule has 0 spiro atoms. The largest absolute Gasteiger partial charge is 0.506 e. The minimum absolute atomic E-state index is 0.0572. The minimum Gasteiger partial charge on any atom is -0.506 e. The number of nitrogens with one attached hydrogen (secondary N) is 1. The van der Waals surface area contributed by atoms with Crippen molar-refractivity contribution in [2.24, 2.45) is 4.99 Å². The first-order valence-corrected chi connectivity index (χ1v) is 8.08. The molecule has 1 aliphatic rings. The number of aromatic hydroxyl groups is 1. The number of nitrogens with zero attached hydrogens (tertiary/aromatic N) is 1. The van der Waals surface area contributed by atoms with E-state index in [1.54, 1.807) is 6.07 Å². The molecule has 2 aromatic carbocycles. The lowest BCUT2D eigenvalue weighted by atomic mass is 9.87. The maximum absolute atomic E-state index is 12.2. The fourth-order valence-corrected chi connectivity index (χ4v) is 2.80. The molecular formula is C18H17BrN2O2. The van der Waals surface area contributed by atoms with Crippen LogP contribution < -0.4 is 5.32 Å². The topological polar surface area (TPSA) is 61.7 Å². The van der Waals surface area contributed by atoms with Crippen molar-refractivity contribution >= 4 is 38.9 Å². The third-order valence-corrected chi connectivity index (χ3v) is 4.27. The quantitative estimate of drug-likeness (QED) is 0.772. The van der Waals surface area contributed by atoms with Crippen molar-refractivity contribution in [2.75, 3.05) is 5.32 Å². The summed E-state index contributed by atoms with van der Waals surface area (Å²) in [6, 6.07) is 10.8. The van der Waals surface area contributed by atoms with Gasteiger partial charge in [0.05, 0.1) is 5.69 Å². The number of phenolic OH excluding ortho intramolecular Hbond substituents is 1. The van der Waals surface area contributed by atoms with Crippen LogP contribution in [0.25, 0.3) is 0 Å². The summed E-state index contributed by atoms with van der Waals surface area (Å²) < 4.78 is 0.869. The standard InChI is InChI=1S/C18H17BrN2O2/c1-18(2,3)10-4-7-15(22)14(8-10)20-16-12-9-11(19)5-6-13(12)21-17(16)23/h4-9,22H,1-3H3,(H,20,21,23). The highest BCUT2D eigenvalue weighted by atomic mass is 79.9. The average Bonchev–Trinajstić information content (AvgIpc) is 2.76. The number of hydrogen-bond donors (Lipinski definition) is 2. The molecule has 0 aliphatic carbocycles. The Hall–Kier alpha value is -2.14. The first-order chi connectivity index (χ1) is 10.8. The molecule has 0 radical (unpaired) electrons. The van der Waals surface area contributed by atoms with Crippen molar-refractivity contribution in [1.29, 1.82) is 0 Å². The third-order valence-electron chi connectivity index (χ3n) is 3.77. The van der Waals surface area contributed by atoms with Gasteiger partial charge in [0.25, 0.3) is 5.91 Å². The molecule has 5 heteroatoms. The van der Waals surface area contributed by atoms with Gasteiger partial charge >= 0.3 is 0 Å². The normalized spacial score (nSPS) is 15.7. The lowest BCUT2D eigenvalue weighted by Gasteiger charge is -2.19. The van der Waals surface area contributed by atoms with Crippen molar-refractivity contribution in [2.45, 2.75) is 26.2 Å². The van der Waals surface area contributed by atoms with Gasteiger partial charge < -0.3 is 10.4 Å². The summed E-state index contributed by atoms with van der Waals surface area (Å²) in [6.07, 6.45) is 0. The Morgan fingerprint density at radius 2 is 1.87 bits per heavy atom. The molecule has 0 fully saturated rings. The van der Waals surface area contributed by atoms with Crippen molar-refractivity contribution in [3.63, 3.8) is 0 Å². The molecule has 1 amide bonds. The zero-order chi connectivity index (χ0) is 16.8. The van der Waals surface area contributed by atoms with Gasteiger partial charge in [-0.2, -0.15) is 0 Å². The van der Waals surface area contributed by atoms with Gasteiger partial charge in [-0.05, 0) is 41.3 Å². The van der Waals surface area contributed by atoms with Gasteiger partial charge in [-0.1, -0.05) is 42.8 Å². The lowest BCUT2D eigenvalue weighted by Crippen LogP contribution is -2.14. The number of benzene rings is 2. The fourth-order valence-electron chi connectivity index (χ4n) is 2.44. The number of anilines is 1. The molecule has 0 atom stereocenters. The maximum atomic E-state index is 12.2. The molecule has 3 rings (SSSR count). The molecule has 2 aromatic rings. The maximum Gasteiger partial charge on any atom is 0.275 e. The Balaban J connectivity index is 2.13. The van der Waals surface area contributed by atoms with E-state index in [2.05, 4.69) is 47.0 Å². The summed E-state index contributed by atoms with van der Waals surface area (Å²) in [5.41, 5.74) is 3.13. The predicted octanol–water partition coefficient (Wildman–Crippen LogP) is 4.53. The molecular weight excluding hydrogens is 356 g/mol. The van der Waals surface area contributed by atoms with Crippen LogP contribution in [0.15, 0.2) is 45.9 Å². The van der Waals surface area contributed by atoms with Crippen LogP contribution in [0.3, 0.4) is 0 Å². The number of hydrogen-bond acceptors (Lipinski definition) is 3. The summed E-state index contributed by atoms with van der Waals surface area (Å²) >= 11 is 3.41. The van der Waals surface area contributed by atoms with Gasteiger partial charge in [-0.15, -0.1) is 0 Å². The monoisotopic (exact) mass is 372 g/mol. The van der Waals surface area contributed by atoms with Gasteiger partial charge in [0.15, 0.2) is 0 Å². The predicted molar refractivity (Wildman–Crippen MR) is 95.8 cm³/mol. The van der Waals surface area contributed by atoms with Crippen LogP contribution in [0.2, 0.25) is 0 Å². The summed E-state index contributed by atoms with van der Waals surface area (Å²) in [5.74, 6) is -0.208. The third kappa shape index (κ3) is 3.01. The highest BCUT2D eigenvalue weighted by molar-refractivity contribution is 9.10. The van der Waals surface area contributed by atoms with Crippen molar-refractivity contribution < 1.29 is 9.90 Å². The van der Waals surface area contributed by atoms with E-state index in [-0.39, 0.29) is 17.1 Å². The fraction of sp³-hybridized carbons (Fsp3) is 0.222. The average molecular weight is 373 g/mol. The van der Waals surface area contributed by atoms with E-state index in [0.717, 1.165) is 21.3 Å². The van der Waals surface area contributed by atoms with E-state index >= 15 is 0 Å². The lowest BCUT2D eigenvalue weighted by molar-refractivity contribution is -0.110. The van der Waals surface area contributed by atoms with Gasteiger partial charge in [-0.25, -0.2) is 4.99 Å². The number of rotatable bonds is 1. The molecule has 2 N–H and O–H groups in total. The van der Waals surface area contributed by atoms with Crippen molar-refractivity contribution in [1.82, 2.24) is 0 Å². The van der Waals surface area contributed by atoms with Gasteiger partial charge in [-0.3, -0.25) is 4.79 Å². The summed E-state index contributed by atoms with van der Waals surface area (Å²) in [7, 11) is 0. The van der Waals surface area contributed by atoms with Crippen LogP contribution in [0, 0.1) is 0 Å². The summed E-state index contributed by atoms with van der Waals surface area (Å²) in [6.45, 7) is 6.26. The summed E-state index contributed by atoms with van der Waals surface area (Å²) in [4.78, 5) is 16.6. The van der Waals surface area contributed by atoms with Crippen LogP contribution in [0.1, 0.15) is 31.9 Å². The molecule has 0 aromatic heterocycles. The first-order valence-electron chi connectivity index (χ1n) is 7.29. The van der Waals surface area contributed by atoms with Crippen LogP contribution in [0.5, 0.6) is 5.75 Å². The SMILES string of the molecule is CC(C)(C)c1ccc(O)c(N=C2C(=O)Nc3ccc(Br)cc32)c1. The highest BCUT2D eigenvalue weighted by Gasteiger charge is 2.26. The number of phenols is 1. The Bertz CT molecular complexity index is 835. The van der Waals surface area contributed by atoms with E-state index in [0.29, 0.717) is 11.4 Å². The molecule has 0 saturated carbocycles.